The summed E-state index contributed by atoms with van der Waals surface area (Å²) in [5, 5.41) is 9.85. The van der Waals surface area contributed by atoms with Crippen molar-refractivity contribution in [3.05, 3.63) is 0 Å². The van der Waals surface area contributed by atoms with Crippen LogP contribution in [0, 0.1) is 0 Å². The van der Waals surface area contributed by atoms with Crippen LogP contribution in [0.4, 0.5) is 0 Å². The largest absolute Gasteiger partial charge is 0.388 e. The predicted octanol–water partition coefficient (Wildman–Crippen LogP) is -0.668. The molecule has 2 atom stereocenters. The van der Waals surface area contributed by atoms with E-state index in [1.54, 1.807) is 6.92 Å². The Morgan fingerprint density at radius 3 is 2.64 bits per heavy atom. The third kappa shape index (κ3) is 3.20. The fourth-order valence-electron chi connectivity index (χ4n) is 1.81. The van der Waals surface area contributed by atoms with Gasteiger partial charge in [0.05, 0.1) is 5.60 Å². The Morgan fingerprint density at radius 2 is 2.14 bits per heavy atom. The molecule has 4 heteroatoms. The topological polar surface area (TPSA) is 52.7 Å². The minimum absolute atomic E-state index is 0.327. The summed E-state index contributed by atoms with van der Waals surface area (Å²) in [6, 6.07) is 0.567. The average molecular weight is 201 g/mol. The summed E-state index contributed by atoms with van der Waals surface area (Å²) in [7, 11) is 2.14. The van der Waals surface area contributed by atoms with Crippen molar-refractivity contribution in [2.45, 2.75) is 25.5 Å². The first kappa shape index (κ1) is 11.9. The standard InChI is InChI=1S/C10H23N3O/c1-9-6-13(5-4-12(9)3)8-10(2,14)7-11/h9,14H,4-8,11H2,1-3H3. The molecule has 0 amide bonds. The number of nitrogens with two attached hydrogens (primary N) is 1. The van der Waals surface area contributed by atoms with Gasteiger partial charge in [-0.3, -0.25) is 4.90 Å². The van der Waals surface area contributed by atoms with Crippen molar-refractivity contribution in [3.63, 3.8) is 0 Å². The van der Waals surface area contributed by atoms with E-state index in [9.17, 15) is 5.11 Å². The number of nitrogens with zero attached hydrogens (tertiary/aromatic N) is 2. The van der Waals surface area contributed by atoms with E-state index >= 15 is 0 Å². The number of β-amino-alcohol motifs (C(OH)–C–C–N with tert-alkyl or cyclic N) is 1. The van der Waals surface area contributed by atoms with Gasteiger partial charge >= 0.3 is 0 Å². The fraction of sp³-hybridized carbons (Fsp3) is 1.00. The Labute approximate surface area is 86.7 Å². The lowest BCUT2D eigenvalue weighted by Gasteiger charge is -2.40. The van der Waals surface area contributed by atoms with Crippen LogP contribution in [0.2, 0.25) is 0 Å². The molecule has 1 aliphatic heterocycles. The molecule has 0 radical (unpaired) electrons. The summed E-state index contributed by atoms with van der Waals surface area (Å²) in [6.45, 7) is 8.14. The minimum atomic E-state index is -0.740. The Hall–Kier alpha value is -0.160. The van der Waals surface area contributed by atoms with E-state index in [1.165, 1.54) is 0 Å². The van der Waals surface area contributed by atoms with Crippen LogP contribution in [-0.4, -0.2) is 66.3 Å². The summed E-state index contributed by atoms with van der Waals surface area (Å²) in [5.41, 5.74) is 4.76. The van der Waals surface area contributed by atoms with Crippen molar-refractivity contribution < 1.29 is 5.11 Å². The maximum absolute atomic E-state index is 9.85. The highest BCUT2D eigenvalue weighted by Gasteiger charge is 2.26. The quantitative estimate of drug-likeness (QED) is 0.636. The van der Waals surface area contributed by atoms with Crippen LogP contribution in [-0.2, 0) is 0 Å². The Balaban J connectivity index is 2.40. The molecule has 0 aromatic carbocycles. The second-order valence-electron chi connectivity index (χ2n) is 4.77. The maximum Gasteiger partial charge on any atom is 0.0867 e. The molecule has 0 saturated carbocycles. The number of likely N-dealkylation sites (N-methyl/N-ethyl adjacent to an activating group) is 1. The van der Waals surface area contributed by atoms with Gasteiger partial charge < -0.3 is 15.7 Å². The van der Waals surface area contributed by atoms with E-state index in [4.69, 9.17) is 5.73 Å². The molecule has 0 aromatic heterocycles. The van der Waals surface area contributed by atoms with Gasteiger partial charge in [0.1, 0.15) is 0 Å². The van der Waals surface area contributed by atoms with Crippen LogP contribution >= 0.6 is 0 Å². The van der Waals surface area contributed by atoms with Gasteiger partial charge in [-0.15, -0.1) is 0 Å². The second kappa shape index (κ2) is 4.57. The normalized spacial score (nSPS) is 30.2. The Morgan fingerprint density at radius 1 is 1.50 bits per heavy atom. The molecular weight excluding hydrogens is 178 g/mol. The molecule has 0 bridgehead atoms. The molecule has 1 heterocycles. The fourth-order valence-corrected chi connectivity index (χ4v) is 1.81. The first-order valence-corrected chi connectivity index (χ1v) is 5.29. The molecule has 1 saturated heterocycles. The summed E-state index contributed by atoms with van der Waals surface area (Å²) in [4.78, 5) is 4.63. The predicted molar refractivity (Wildman–Crippen MR) is 58.2 cm³/mol. The second-order valence-corrected chi connectivity index (χ2v) is 4.77. The molecule has 1 fully saturated rings. The van der Waals surface area contributed by atoms with E-state index in [0.29, 0.717) is 19.1 Å². The van der Waals surface area contributed by atoms with Gasteiger partial charge in [-0.1, -0.05) is 0 Å². The van der Waals surface area contributed by atoms with E-state index in [-0.39, 0.29) is 0 Å². The molecule has 84 valence electrons. The zero-order valence-electron chi connectivity index (χ0n) is 9.53. The third-order valence-corrected chi connectivity index (χ3v) is 3.05. The van der Waals surface area contributed by atoms with E-state index in [0.717, 1.165) is 19.6 Å². The van der Waals surface area contributed by atoms with Crippen molar-refractivity contribution in [2.24, 2.45) is 5.73 Å². The minimum Gasteiger partial charge on any atom is -0.388 e. The lowest BCUT2D eigenvalue weighted by molar-refractivity contribution is 0.00289. The molecule has 0 aliphatic carbocycles. The maximum atomic E-state index is 9.85. The molecular formula is C10H23N3O. The lowest BCUT2D eigenvalue weighted by Crippen LogP contribution is -2.55. The first-order valence-electron chi connectivity index (χ1n) is 5.29. The first-order chi connectivity index (χ1) is 6.44. The van der Waals surface area contributed by atoms with E-state index in [1.807, 2.05) is 0 Å². The van der Waals surface area contributed by atoms with Crippen molar-refractivity contribution in [1.29, 1.82) is 0 Å². The molecule has 0 spiro atoms. The number of aliphatic hydroxyl groups is 1. The zero-order chi connectivity index (χ0) is 10.8. The van der Waals surface area contributed by atoms with Crippen LogP contribution in [0.25, 0.3) is 0 Å². The Bertz CT molecular complexity index is 184. The Kier molecular flexibility index (Phi) is 3.89. The van der Waals surface area contributed by atoms with Crippen LogP contribution < -0.4 is 5.73 Å². The molecule has 1 aliphatic rings. The lowest BCUT2D eigenvalue weighted by atomic mass is 10.1. The van der Waals surface area contributed by atoms with Gasteiger partial charge in [-0.2, -0.15) is 0 Å². The van der Waals surface area contributed by atoms with E-state index in [2.05, 4.69) is 23.8 Å². The van der Waals surface area contributed by atoms with Crippen LogP contribution in [0.3, 0.4) is 0 Å². The summed E-state index contributed by atoms with van der Waals surface area (Å²) in [6.07, 6.45) is 0. The number of hydrogen-bond donors (Lipinski definition) is 2. The van der Waals surface area contributed by atoms with Crippen molar-refractivity contribution in [3.8, 4) is 0 Å². The monoisotopic (exact) mass is 201 g/mol. The SMILES string of the molecule is CC1CN(CC(C)(O)CN)CCN1C. The summed E-state index contributed by atoms with van der Waals surface area (Å²) in [5.74, 6) is 0. The van der Waals surface area contributed by atoms with Crippen LogP contribution in [0.15, 0.2) is 0 Å². The number of rotatable bonds is 3. The number of piperazine rings is 1. The van der Waals surface area contributed by atoms with Crippen molar-refractivity contribution >= 4 is 0 Å². The van der Waals surface area contributed by atoms with Gasteiger partial charge in [-0.25, -0.2) is 0 Å². The molecule has 1 rings (SSSR count). The van der Waals surface area contributed by atoms with Crippen LogP contribution in [0.5, 0.6) is 0 Å². The number of hydrogen-bond acceptors (Lipinski definition) is 4. The third-order valence-electron chi connectivity index (χ3n) is 3.05. The van der Waals surface area contributed by atoms with Gasteiger partial charge in [0.25, 0.3) is 0 Å². The van der Waals surface area contributed by atoms with Crippen LogP contribution in [0.1, 0.15) is 13.8 Å². The zero-order valence-corrected chi connectivity index (χ0v) is 9.53. The molecule has 0 aromatic rings. The highest BCUT2D eigenvalue weighted by Crippen LogP contribution is 2.11. The van der Waals surface area contributed by atoms with Gasteiger partial charge in [0.15, 0.2) is 0 Å². The smallest absolute Gasteiger partial charge is 0.0867 e. The molecule has 3 N–H and O–H groups in total. The van der Waals surface area contributed by atoms with Crippen molar-refractivity contribution in [2.75, 3.05) is 39.8 Å². The van der Waals surface area contributed by atoms with Gasteiger partial charge in [-0.05, 0) is 20.9 Å². The van der Waals surface area contributed by atoms with Crippen molar-refractivity contribution in [1.82, 2.24) is 9.80 Å². The molecule has 4 nitrogen and oxygen atoms in total. The molecule has 14 heavy (non-hydrogen) atoms. The highest BCUT2D eigenvalue weighted by atomic mass is 16.3. The van der Waals surface area contributed by atoms with Gasteiger partial charge in [0.2, 0.25) is 0 Å². The summed E-state index contributed by atoms with van der Waals surface area (Å²) >= 11 is 0. The average Bonchev–Trinajstić information content (AvgIpc) is 2.11. The highest BCUT2D eigenvalue weighted by molar-refractivity contribution is 4.83. The van der Waals surface area contributed by atoms with E-state index < -0.39 is 5.60 Å². The van der Waals surface area contributed by atoms with Gasteiger partial charge in [0, 0.05) is 38.8 Å². The summed E-state index contributed by atoms with van der Waals surface area (Å²) < 4.78 is 0. The molecule has 2 unspecified atom stereocenters.